The Bertz CT molecular complexity index is 144. The summed E-state index contributed by atoms with van der Waals surface area (Å²) in [4.78, 5) is 0. The van der Waals surface area contributed by atoms with Crippen molar-refractivity contribution in [3.63, 3.8) is 0 Å². The summed E-state index contributed by atoms with van der Waals surface area (Å²) in [5, 5.41) is 12.4. The Morgan fingerprint density at radius 2 is 1.92 bits per heavy atom. The van der Waals surface area contributed by atoms with Crippen LogP contribution in [0, 0.1) is 17.3 Å². The largest absolute Gasteiger partial charge is 0.396 e. The molecule has 0 aromatic rings. The average molecular weight is 208 g/mol. The van der Waals surface area contributed by atoms with Crippen LogP contribution in [-0.4, -0.2) is 24.8 Å². The van der Waals surface area contributed by atoms with Gasteiger partial charge in [0.15, 0.2) is 0 Å². The van der Waals surface area contributed by atoms with Gasteiger partial charge in [-0.25, -0.2) is 0 Å². The van der Waals surface area contributed by atoms with Crippen LogP contribution in [-0.2, 0) is 0 Å². The maximum absolute atomic E-state index is 9.03. The summed E-state index contributed by atoms with van der Waals surface area (Å²) in [5.74, 6) is 1.19. The number of aliphatic hydroxyl groups excluding tert-OH is 1. The predicted octanol–water partition coefficient (Wildman–Crippen LogP) is 1.67. The van der Waals surface area contributed by atoms with E-state index in [1.165, 1.54) is 6.42 Å². The highest BCUT2D eigenvalue weighted by Crippen LogP contribution is 2.32. The molecule has 0 aromatic carbocycles. The zero-order valence-corrected chi connectivity index (χ0v) is 9.66. The van der Waals surface area contributed by atoms with E-state index in [-0.39, 0.29) is 12.4 Å². The Labute approximate surface area is 87.5 Å². The molecule has 0 bridgehead atoms. The Kier molecular flexibility index (Phi) is 5.26. The highest BCUT2D eigenvalue weighted by Gasteiger charge is 2.29. The molecule has 0 unspecified atom stereocenters. The van der Waals surface area contributed by atoms with Crippen LogP contribution in [0.1, 0.15) is 27.2 Å². The van der Waals surface area contributed by atoms with Crippen molar-refractivity contribution in [3.8, 4) is 0 Å². The van der Waals surface area contributed by atoms with Crippen LogP contribution in [0.2, 0.25) is 0 Å². The third kappa shape index (κ3) is 3.84. The summed E-state index contributed by atoms with van der Waals surface area (Å²) in [6.45, 7) is 9.26. The van der Waals surface area contributed by atoms with E-state index < -0.39 is 0 Å². The van der Waals surface area contributed by atoms with Crippen molar-refractivity contribution < 1.29 is 5.11 Å². The molecule has 1 saturated heterocycles. The van der Waals surface area contributed by atoms with E-state index in [0.29, 0.717) is 23.9 Å². The first-order chi connectivity index (χ1) is 5.54. The van der Waals surface area contributed by atoms with Gasteiger partial charge in [-0.1, -0.05) is 20.8 Å². The summed E-state index contributed by atoms with van der Waals surface area (Å²) >= 11 is 0. The standard InChI is InChI=1S/C10H21NO.ClH/c1-10(2,3)9-4-8(7-12)5-11-6-9;/h8-9,11-12H,4-7H2,1-3H3;1H/t8-,9+;/m1./s1. The molecular formula is C10H22ClNO. The molecule has 0 aliphatic carbocycles. The van der Waals surface area contributed by atoms with Gasteiger partial charge in [0, 0.05) is 13.2 Å². The van der Waals surface area contributed by atoms with Crippen LogP contribution in [0.4, 0.5) is 0 Å². The van der Waals surface area contributed by atoms with Gasteiger partial charge in [0.05, 0.1) is 0 Å². The molecule has 80 valence electrons. The van der Waals surface area contributed by atoms with Crippen LogP contribution in [0.3, 0.4) is 0 Å². The number of piperidine rings is 1. The number of hydrogen-bond acceptors (Lipinski definition) is 2. The van der Waals surface area contributed by atoms with E-state index in [9.17, 15) is 0 Å². The monoisotopic (exact) mass is 207 g/mol. The van der Waals surface area contributed by atoms with Crippen molar-refractivity contribution in [2.75, 3.05) is 19.7 Å². The molecule has 2 N–H and O–H groups in total. The Balaban J connectivity index is 0.00000144. The number of nitrogens with one attached hydrogen (secondary N) is 1. The van der Waals surface area contributed by atoms with E-state index in [1.807, 2.05) is 0 Å². The number of halogens is 1. The molecule has 0 spiro atoms. The molecule has 2 nitrogen and oxygen atoms in total. The van der Waals surface area contributed by atoms with Gasteiger partial charge >= 0.3 is 0 Å². The molecule has 0 aromatic heterocycles. The SMILES string of the molecule is CC(C)(C)[C@@H]1CNC[C@H](CO)C1.Cl. The van der Waals surface area contributed by atoms with Gasteiger partial charge in [-0.3, -0.25) is 0 Å². The molecule has 0 amide bonds. The lowest BCUT2D eigenvalue weighted by molar-refractivity contribution is 0.116. The second-order valence-corrected chi connectivity index (χ2v) is 5.01. The average Bonchev–Trinajstić information content (AvgIpc) is 2.03. The lowest BCUT2D eigenvalue weighted by atomic mass is 9.74. The van der Waals surface area contributed by atoms with Crippen LogP contribution >= 0.6 is 12.4 Å². The number of aliphatic hydroxyl groups is 1. The minimum atomic E-state index is 0. The van der Waals surface area contributed by atoms with E-state index >= 15 is 0 Å². The molecule has 1 heterocycles. The van der Waals surface area contributed by atoms with E-state index in [4.69, 9.17) is 5.11 Å². The summed E-state index contributed by atoms with van der Waals surface area (Å²) in [6.07, 6.45) is 1.17. The highest BCUT2D eigenvalue weighted by molar-refractivity contribution is 5.85. The quantitative estimate of drug-likeness (QED) is 0.686. The van der Waals surface area contributed by atoms with Gasteiger partial charge in [-0.2, -0.15) is 0 Å². The third-order valence-electron chi connectivity index (χ3n) is 2.92. The van der Waals surface area contributed by atoms with Gasteiger partial charge in [0.1, 0.15) is 0 Å². The molecule has 1 fully saturated rings. The lowest BCUT2D eigenvalue weighted by Crippen LogP contribution is -2.42. The van der Waals surface area contributed by atoms with Crippen LogP contribution in [0.5, 0.6) is 0 Å². The normalized spacial score (nSPS) is 29.5. The minimum Gasteiger partial charge on any atom is -0.396 e. The van der Waals surface area contributed by atoms with Crippen LogP contribution in [0.25, 0.3) is 0 Å². The molecule has 1 aliphatic rings. The Morgan fingerprint density at radius 1 is 1.31 bits per heavy atom. The molecule has 3 heteroatoms. The summed E-state index contributed by atoms with van der Waals surface area (Å²) in [6, 6.07) is 0. The minimum absolute atomic E-state index is 0. The second kappa shape index (κ2) is 5.18. The molecule has 0 saturated carbocycles. The van der Waals surface area contributed by atoms with Crippen molar-refractivity contribution in [3.05, 3.63) is 0 Å². The van der Waals surface area contributed by atoms with Crippen molar-refractivity contribution in [1.29, 1.82) is 0 Å². The topological polar surface area (TPSA) is 32.3 Å². The smallest absolute Gasteiger partial charge is 0.0471 e. The summed E-state index contributed by atoms with van der Waals surface area (Å²) < 4.78 is 0. The lowest BCUT2D eigenvalue weighted by Gasteiger charge is -2.37. The molecule has 0 radical (unpaired) electrons. The predicted molar refractivity (Wildman–Crippen MR) is 58.3 cm³/mol. The highest BCUT2D eigenvalue weighted by atomic mass is 35.5. The van der Waals surface area contributed by atoms with Crippen molar-refractivity contribution in [2.24, 2.45) is 17.3 Å². The van der Waals surface area contributed by atoms with E-state index in [1.54, 1.807) is 0 Å². The van der Waals surface area contributed by atoms with Crippen LogP contribution < -0.4 is 5.32 Å². The van der Waals surface area contributed by atoms with E-state index in [2.05, 4.69) is 26.1 Å². The number of rotatable bonds is 1. The van der Waals surface area contributed by atoms with Crippen LogP contribution in [0.15, 0.2) is 0 Å². The second-order valence-electron chi connectivity index (χ2n) is 5.01. The summed E-state index contributed by atoms with van der Waals surface area (Å²) in [5.41, 5.74) is 0.376. The molecular weight excluding hydrogens is 186 g/mol. The molecule has 1 rings (SSSR count). The Morgan fingerprint density at radius 3 is 2.38 bits per heavy atom. The number of hydrogen-bond donors (Lipinski definition) is 2. The van der Waals surface area contributed by atoms with Gasteiger partial charge in [0.25, 0.3) is 0 Å². The molecule has 2 atom stereocenters. The fourth-order valence-corrected chi connectivity index (χ4v) is 1.83. The van der Waals surface area contributed by atoms with Gasteiger partial charge in [-0.05, 0) is 30.2 Å². The van der Waals surface area contributed by atoms with Gasteiger partial charge in [-0.15, -0.1) is 12.4 Å². The first kappa shape index (κ1) is 13.2. The zero-order chi connectivity index (χ0) is 9.19. The fraction of sp³-hybridized carbons (Fsp3) is 1.00. The van der Waals surface area contributed by atoms with Gasteiger partial charge < -0.3 is 10.4 Å². The maximum atomic E-state index is 9.03. The van der Waals surface area contributed by atoms with E-state index in [0.717, 1.165) is 13.1 Å². The zero-order valence-electron chi connectivity index (χ0n) is 8.84. The molecule has 13 heavy (non-hydrogen) atoms. The third-order valence-corrected chi connectivity index (χ3v) is 2.92. The summed E-state index contributed by atoms with van der Waals surface area (Å²) in [7, 11) is 0. The van der Waals surface area contributed by atoms with Gasteiger partial charge in [0.2, 0.25) is 0 Å². The van der Waals surface area contributed by atoms with Crippen molar-refractivity contribution in [2.45, 2.75) is 27.2 Å². The van der Waals surface area contributed by atoms with Crippen molar-refractivity contribution >= 4 is 12.4 Å². The molecule has 1 aliphatic heterocycles. The Hall–Kier alpha value is 0.210. The fourth-order valence-electron chi connectivity index (χ4n) is 1.83. The first-order valence-corrected chi connectivity index (χ1v) is 4.85. The maximum Gasteiger partial charge on any atom is 0.0471 e. The van der Waals surface area contributed by atoms with Crippen molar-refractivity contribution in [1.82, 2.24) is 5.32 Å². The first-order valence-electron chi connectivity index (χ1n) is 4.85.